The number of imidazole rings is 1. The third-order valence-corrected chi connectivity index (χ3v) is 4.41. The third-order valence-electron chi connectivity index (χ3n) is 4.41. The molecule has 0 spiro atoms. The van der Waals surface area contributed by atoms with Gasteiger partial charge in [-0.15, -0.1) is 0 Å². The van der Waals surface area contributed by atoms with Gasteiger partial charge in [-0.25, -0.2) is 9.97 Å². The van der Waals surface area contributed by atoms with E-state index < -0.39 is 0 Å². The van der Waals surface area contributed by atoms with Crippen LogP contribution in [0.5, 0.6) is 0 Å². The number of nitrogens with zero attached hydrogens (tertiary/aromatic N) is 5. The highest BCUT2D eigenvalue weighted by molar-refractivity contribution is 6.03. The van der Waals surface area contributed by atoms with E-state index in [9.17, 15) is 4.79 Å². The van der Waals surface area contributed by atoms with Gasteiger partial charge in [0.1, 0.15) is 12.0 Å². The zero-order valence-corrected chi connectivity index (χ0v) is 16.2. The summed E-state index contributed by atoms with van der Waals surface area (Å²) in [5.74, 6) is 1.30. The van der Waals surface area contributed by atoms with Crippen LogP contribution in [-0.4, -0.2) is 30.6 Å². The highest BCUT2D eigenvalue weighted by Gasteiger charge is 2.17. The van der Waals surface area contributed by atoms with Crippen molar-refractivity contribution in [3.8, 4) is 17.3 Å². The molecule has 3 aromatic heterocycles. The van der Waals surface area contributed by atoms with Crippen LogP contribution in [0.15, 0.2) is 59.6 Å². The van der Waals surface area contributed by atoms with Crippen molar-refractivity contribution in [3.05, 3.63) is 72.2 Å². The van der Waals surface area contributed by atoms with Gasteiger partial charge in [-0.05, 0) is 37.1 Å². The van der Waals surface area contributed by atoms with Gasteiger partial charge in [0.2, 0.25) is 0 Å². The Labute approximate surface area is 167 Å². The summed E-state index contributed by atoms with van der Waals surface area (Å²) in [4.78, 5) is 25.7. The van der Waals surface area contributed by atoms with Crippen LogP contribution in [0.1, 0.15) is 35.2 Å². The fourth-order valence-electron chi connectivity index (χ4n) is 2.91. The number of rotatable bonds is 6. The third kappa shape index (κ3) is 3.91. The average Bonchev–Trinajstić information content (AvgIpc) is 3.40. The highest BCUT2D eigenvalue weighted by atomic mass is 16.5. The molecule has 3 heterocycles. The lowest BCUT2D eigenvalue weighted by molar-refractivity contribution is 0.102. The monoisotopic (exact) mass is 388 g/mol. The number of amides is 1. The summed E-state index contributed by atoms with van der Waals surface area (Å²) >= 11 is 0. The Bertz CT molecular complexity index is 1150. The van der Waals surface area contributed by atoms with Crippen molar-refractivity contribution >= 4 is 11.6 Å². The predicted molar refractivity (Wildman–Crippen MR) is 108 cm³/mol. The van der Waals surface area contributed by atoms with Gasteiger partial charge in [0.25, 0.3) is 11.8 Å². The van der Waals surface area contributed by atoms with E-state index in [0.29, 0.717) is 23.1 Å². The summed E-state index contributed by atoms with van der Waals surface area (Å²) in [5, 5.41) is 6.88. The summed E-state index contributed by atoms with van der Waals surface area (Å²) in [5.41, 5.74) is 2.68. The van der Waals surface area contributed by atoms with Gasteiger partial charge < -0.3 is 9.84 Å². The lowest BCUT2D eigenvalue weighted by Crippen LogP contribution is -2.13. The lowest BCUT2D eigenvalue weighted by atomic mass is 10.2. The van der Waals surface area contributed by atoms with E-state index in [2.05, 4.69) is 32.3 Å². The number of benzene rings is 1. The van der Waals surface area contributed by atoms with Gasteiger partial charge in [0.05, 0.1) is 5.56 Å². The standard InChI is InChI=1S/C21H20N6O2/c1-3-7-18-25-21(29-26-18)15-9-6-11-22-19(15)27-12-17(23-13-27)20(28)24-16-10-5-4-8-14(16)2/h4-6,8-13H,3,7H2,1-2H3,(H,24,28). The summed E-state index contributed by atoms with van der Waals surface area (Å²) < 4.78 is 7.07. The van der Waals surface area contributed by atoms with Crippen molar-refractivity contribution in [3.63, 3.8) is 0 Å². The Morgan fingerprint density at radius 3 is 2.86 bits per heavy atom. The molecular weight excluding hydrogens is 368 g/mol. The van der Waals surface area contributed by atoms with Crippen LogP contribution in [0.25, 0.3) is 17.3 Å². The number of anilines is 1. The van der Waals surface area contributed by atoms with E-state index in [-0.39, 0.29) is 11.6 Å². The molecule has 1 aromatic carbocycles. The molecule has 8 nitrogen and oxygen atoms in total. The molecule has 4 aromatic rings. The molecule has 0 saturated heterocycles. The molecule has 0 unspecified atom stereocenters. The normalized spacial score (nSPS) is 10.8. The molecule has 0 radical (unpaired) electrons. The summed E-state index contributed by atoms with van der Waals surface area (Å²) in [6, 6.07) is 11.2. The van der Waals surface area contributed by atoms with Crippen molar-refractivity contribution in [2.45, 2.75) is 26.7 Å². The van der Waals surface area contributed by atoms with Gasteiger partial charge in [-0.3, -0.25) is 9.36 Å². The van der Waals surface area contributed by atoms with Crippen molar-refractivity contribution in [2.24, 2.45) is 0 Å². The fraction of sp³-hybridized carbons (Fsp3) is 0.190. The average molecular weight is 388 g/mol. The summed E-state index contributed by atoms with van der Waals surface area (Å²) in [7, 11) is 0. The molecule has 0 bridgehead atoms. The molecule has 0 aliphatic heterocycles. The topological polar surface area (TPSA) is 98.7 Å². The zero-order valence-electron chi connectivity index (χ0n) is 16.2. The smallest absolute Gasteiger partial charge is 0.275 e. The molecule has 0 aliphatic rings. The first-order chi connectivity index (χ1) is 14.2. The lowest BCUT2D eigenvalue weighted by Gasteiger charge is -2.06. The molecular formula is C21H20N6O2. The van der Waals surface area contributed by atoms with E-state index in [0.717, 1.165) is 24.1 Å². The Morgan fingerprint density at radius 2 is 2.03 bits per heavy atom. The van der Waals surface area contributed by atoms with E-state index in [4.69, 9.17) is 4.52 Å². The molecule has 29 heavy (non-hydrogen) atoms. The van der Waals surface area contributed by atoms with Crippen LogP contribution in [0.4, 0.5) is 5.69 Å². The number of carbonyl (C=O) groups is 1. The van der Waals surface area contributed by atoms with Crippen LogP contribution in [0, 0.1) is 6.92 Å². The molecule has 0 atom stereocenters. The first-order valence-corrected chi connectivity index (χ1v) is 9.35. The molecule has 0 fully saturated rings. The first kappa shape index (κ1) is 18.5. The second-order valence-corrected chi connectivity index (χ2v) is 6.58. The van der Waals surface area contributed by atoms with Crippen LogP contribution < -0.4 is 5.32 Å². The van der Waals surface area contributed by atoms with Gasteiger partial charge in [0, 0.05) is 24.5 Å². The van der Waals surface area contributed by atoms with E-state index in [1.54, 1.807) is 29.4 Å². The maximum absolute atomic E-state index is 12.6. The van der Waals surface area contributed by atoms with E-state index in [1.165, 1.54) is 0 Å². The number of hydrogen-bond acceptors (Lipinski definition) is 6. The molecule has 0 saturated carbocycles. The SMILES string of the molecule is CCCc1noc(-c2cccnc2-n2cnc(C(=O)Nc3ccccc3C)c2)n1. The minimum absolute atomic E-state index is 0.280. The van der Waals surface area contributed by atoms with Crippen molar-refractivity contribution in [2.75, 3.05) is 5.32 Å². The maximum Gasteiger partial charge on any atom is 0.275 e. The second kappa shape index (κ2) is 8.05. The zero-order chi connectivity index (χ0) is 20.2. The van der Waals surface area contributed by atoms with Crippen molar-refractivity contribution < 1.29 is 9.32 Å². The summed E-state index contributed by atoms with van der Waals surface area (Å²) in [6.45, 7) is 3.99. The van der Waals surface area contributed by atoms with Crippen LogP contribution in [-0.2, 0) is 6.42 Å². The van der Waals surface area contributed by atoms with Gasteiger partial charge in [-0.1, -0.05) is 30.3 Å². The molecule has 1 N–H and O–H groups in total. The predicted octanol–water partition coefficient (Wildman–Crippen LogP) is 3.83. The number of nitrogens with one attached hydrogen (secondary N) is 1. The second-order valence-electron chi connectivity index (χ2n) is 6.58. The van der Waals surface area contributed by atoms with Crippen LogP contribution in [0.3, 0.4) is 0 Å². The molecule has 8 heteroatoms. The number of hydrogen-bond donors (Lipinski definition) is 1. The van der Waals surface area contributed by atoms with E-state index in [1.807, 2.05) is 37.3 Å². The highest BCUT2D eigenvalue weighted by Crippen LogP contribution is 2.24. The maximum atomic E-state index is 12.6. The molecule has 0 aliphatic carbocycles. The van der Waals surface area contributed by atoms with Gasteiger partial charge in [0.15, 0.2) is 11.6 Å². The number of pyridine rings is 1. The van der Waals surface area contributed by atoms with Gasteiger partial charge in [-0.2, -0.15) is 4.98 Å². The minimum atomic E-state index is -0.293. The van der Waals surface area contributed by atoms with E-state index >= 15 is 0 Å². The Morgan fingerprint density at radius 1 is 1.17 bits per heavy atom. The number of aryl methyl sites for hydroxylation is 2. The fourth-order valence-corrected chi connectivity index (χ4v) is 2.91. The van der Waals surface area contributed by atoms with Crippen LogP contribution >= 0.6 is 0 Å². The molecule has 4 rings (SSSR count). The van der Waals surface area contributed by atoms with Crippen molar-refractivity contribution in [1.29, 1.82) is 0 Å². The molecule has 146 valence electrons. The Kier molecular flexibility index (Phi) is 5.15. The number of aromatic nitrogens is 5. The minimum Gasteiger partial charge on any atom is -0.334 e. The first-order valence-electron chi connectivity index (χ1n) is 9.35. The van der Waals surface area contributed by atoms with Crippen molar-refractivity contribution in [1.82, 2.24) is 24.7 Å². The Hall–Kier alpha value is -3.81. The van der Waals surface area contributed by atoms with Crippen LogP contribution in [0.2, 0.25) is 0 Å². The Balaban J connectivity index is 1.61. The number of carbonyl (C=O) groups excluding carboxylic acids is 1. The number of para-hydroxylation sites is 1. The van der Waals surface area contributed by atoms with Gasteiger partial charge >= 0.3 is 0 Å². The molecule has 1 amide bonds. The summed E-state index contributed by atoms with van der Waals surface area (Å²) in [6.07, 6.45) is 6.51. The largest absolute Gasteiger partial charge is 0.334 e. The quantitative estimate of drug-likeness (QED) is 0.539.